The minimum atomic E-state index is 0.0129. The van der Waals surface area contributed by atoms with Crippen LogP contribution in [0, 0.1) is 0 Å². The number of nitrogens with two attached hydrogens (primary N) is 1. The number of rotatable bonds is 3. The van der Waals surface area contributed by atoms with E-state index in [-0.39, 0.29) is 12.1 Å². The van der Waals surface area contributed by atoms with Crippen LogP contribution in [-0.4, -0.2) is 12.6 Å². The SMILES string of the molecule is C=C(C)CC(N)C1OCCc2ccccc21. The van der Waals surface area contributed by atoms with Crippen LogP contribution in [0.4, 0.5) is 0 Å². The van der Waals surface area contributed by atoms with Crippen molar-refractivity contribution in [2.75, 3.05) is 6.61 Å². The summed E-state index contributed by atoms with van der Waals surface area (Å²) in [5.74, 6) is 0. The molecule has 0 aliphatic carbocycles. The molecule has 2 N–H and O–H groups in total. The first-order valence-electron chi connectivity index (χ1n) is 5.78. The van der Waals surface area contributed by atoms with E-state index in [2.05, 4.69) is 24.8 Å². The molecule has 2 rings (SSSR count). The lowest BCUT2D eigenvalue weighted by molar-refractivity contribution is 0.0246. The summed E-state index contributed by atoms with van der Waals surface area (Å²) >= 11 is 0. The third kappa shape index (κ3) is 2.34. The fraction of sp³-hybridized carbons (Fsp3) is 0.429. The molecular weight excluding hydrogens is 198 g/mol. The Hall–Kier alpha value is -1.12. The van der Waals surface area contributed by atoms with Gasteiger partial charge in [-0.15, -0.1) is 6.58 Å². The molecule has 0 radical (unpaired) electrons. The van der Waals surface area contributed by atoms with E-state index in [0.29, 0.717) is 0 Å². The Morgan fingerprint density at radius 3 is 3.06 bits per heavy atom. The summed E-state index contributed by atoms with van der Waals surface area (Å²) in [4.78, 5) is 0. The van der Waals surface area contributed by atoms with Gasteiger partial charge in [0.1, 0.15) is 0 Å². The van der Waals surface area contributed by atoms with Crippen LogP contribution >= 0.6 is 0 Å². The Labute approximate surface area is 97.1 Å². The van der Waals surface area contributed by atoms with Crippen LogP contribution in [0.5, 0.6) is 0 Å². The average molecular weight is 217 g/mol. The summed E-state index contributed by atoms with van der Waals surface area (Å²) in [6, 6.07) is 8.42. The zero-order chi connectivity index (χ0) is 11.5. The number of ether oxygens (including phenoxy) is 1. The van der Waals surface area contributed by atoms with Crippen LogP contribution in [0.25, 0.3) is 0 Å². The molecule has 0 bridgehead atoms. The molecule has 86 valence electrons. The van der Waals surface area contributed by atoms with Gasteiger partial charge in [0.2, 0.25) is 0 Å². The summed E-state index contributed by atoms with van der Waals surface area (Å²) in [5.41, 5.74) is 9.91. The molecular formula is C14H19NO. The van der Waals surface area contributed by atoms with Gasteiger partial charge in [-0.3, -0.25) is 0 Å². The minimum absolute atomic E-state index is 0.0129. The van der Waals surface area contributed by atoms with Gasteiger partial charge in [-0.05, 0) is 30.9 Å². The Balaban J connectivity index is 2.21. The minimum Gasteiger partial charge on any atom is -0.372 e. The van der Waals surface area contributed by atoms with E-state index in [9.17, 15) is 0 Å². The first-order chi connectivity index (χ1) is 7.68. The molecule has 1 aromatic rings. The molecule has 2 unspecified atom stereocenters. The molecule has 0 aromatic heterocycles. The van der Waals surface area contributed by atoms with Gasteiger partial charge in [-0.1, -0.05) is 29.8 Å². The summed E-state index contributed by atoms with van der Waals surface area (Å²) < 4.78 is 5.80. The van der Waals surface area contributed by atoms with Crippen molar-refractivity contribution < 1.29 is 4.74 Å². The van der Waals surface area contributed by atoms with E-state index in [1.165, 1.54) is 11.1 Å². The van der Waals surface area contributed by atoms with Crippen LogP contribution in [0.2, 0.25) is 0 Å². The smallest absolute Gasteiger partial charge is 0.0981 e. The molecule has 0 amide bonds. The van der Waals surface area contributed by atoms with Crippen LogP contribution in [0.3, 0.4) is 0 Å². The summed E-state index contributed by atoms with van der Waals surface area (Å²) in [6.45, 7) is 6.69. The number of hydrogen-bond acceptors (Lipinski definition) is 2. The zero-order valence-electron chi connectivity index (χ0n) is 9.78. The topological polar surface area (TPSA) is 35.2 Å². The second-order valence-electron chi connectivity index (χ2n) is 4.57. The monoisotopic (exact) mass is 217 g/mol. The normalized spacial score (nSPS) is 21.2. The lowest BCUT2D eigenvalue weighted by Crippen LogP contribution is -2.33. The third-order valence-electron chi connectivity index (χ3n) is 3.00. The highest BCUT2D eigenvalue weighted by Gasteiger charge is 2.25. The fourth-order valence-corrected chi connectivity index (χ4v) is 2.29. The van der Waals surface area contributed by atoms with Crippen molar-refractivity contribution in [1.82, 2.24) is 0 Å². The number of fused-ring (bicyclic) bond motifs is 1. The van der Waals surface area contributed by atoms with Crippen LogP contribution < -0.4 is 5.73 Å². The standard InChI is InChI=1S/C14H19NO/c1-10(2)9-13(15)14-12-6-4-3-5-11(12)7-8-16-14/h3-6,13-14H,1,7-9,15H2,2H3. The fourth-order valence-electron chi connectivity index (χ4n) is 2.29. The molecule has 1 aliphatic rings. The number of hydrogen-bond donors (Lipinski definition) is 1. The molecule has 1 aromatic carbocycles. The predicted molar refractivity (Wildman–Crippen MR) is 66.2 cm³/mol. The maximum atomic E-state index is 6.18. The Bertz CT molecular complexity index is 386. The van der Waals surface area contributed by atoms with Gasteiger partial charge in [0, 0.05) is 6.04 Å². The van der Waals surface area contributed by atoms with E-state index < -0.39 is 0 Å². The third-order valence-corrected chi connectivity index (χ3v) is 3.00. The van der Waals surface area contributed by atoms with Gasteiger partial charge in [-0.25, -0.2) is 0 Å². The zero-order valence-corrected chi connectivity index (χ0v) is 9.78. The maximum absolute atomic E-state index is 6.18. The van der Waals surface area contributed by atoms with Crippen molar-refractivity contribution in [1.29, 1.82) is 0 Å². The van der Waals surface area contributed by atoms with Gasteiger partial charge in [0.25, 0.3) is 0 Å². The van der Waals surface area contributed by atoms with E-state index in [1.54, 1.807) is 0 Å². The maximum Gasteiger partial charge on any atom is 0.0981 e. The van der Waals surface area contributed by atoms with Gasteiger partial charge in [0.05, 0.1) is 12.7 Å². The first-order valence-corrected chi connectivity index (χ1v) is 5.78. The molecule has 1 aliphatic heterocycles. The molecule has 16 heavy (non-hydrogen) atoms. The van der Waals surface area contributed by atoms with Crippen LogP contribution in [0.15, 0.2) is 36.4 Å². The van der Waals surface area contributed by atoms with E-state index in [1.807, 2.05) is 13.0 Å². The van der Waals surface area contributed by atoms with Crippen LogP contribution in [-0.2, 0) is 11.2 Å². The van der Waals surface area contributed by atoms with Crippen molar-refractivity contribution in [3.8, 4) is 0 Å². The van der Waals surface area contributed by atoms with E-state index in [4.69, 9.17) is 10.5 Å². The Kier molecular flexibility index (Phi) is 3.42. The lowest BCUT2D eigenvalue weighted by Gasteiger charge is -2.30. The molecule has 2 nitrogen and oxygen atoms in total. The van der Waals surface area contributed by atoms with Gasteiger partial charge in [-0.2, -0.15) is 0 Å². The van der Waals surface area contributed by atoms with Crippen molar-refractivity contribution >= 4 is 0 Å². The van der Waals surface area contributed by atoms with Crippen LogP contribution in [0.1, 0.15) is 30.6 Å². The molecule has 1 heterocycles. The quantitative estimate of drug-likeness (QED) is 0.790. The van der Waals surface area contributed by atoms with Crippen molar-refractivity contribution in [2.24, 2.45) is 5.73 Å². The molecule has 2 heteroatoms. The predicted octanol–water partition coefficient (Wildman–Crippen LogP) is 2.59. The highest BCUT2D eigenvalue weighted by Crippen LogP contribution is 2.30. The van der Waals surface area contributed by atoms with Gasteiger partial charge in [0.15, 0.2) is 0 Å². The van der Waals surface area contributed by atoms with Crippen molar-refractivity contribution in [3.63, 3.8) is 0 Å². The second-order valence-corrected chi connectivity index (χ2v) is 4.57. The molecule has 0 saturated heterocycles. The van der Waals surface area contributed by atoms with Crippen molar-refractivity contribution in [3.05, 3.63) is 47.5 Å². The first kappa shape index (κ1) is 11.4. The number of benzene rings is 1. The summed E-state index contributed by atoms with van der Waals surface area (Å²) in [7, 11) is 0. The molecule has 2 atom stereocenters. The second kappa shape index (κ2) is 4.81. The average Bonchev–Trinajstić information content (AvgIpc) is 2.27. The van der Waals surface area contributed by atoms with Gasteiger partial charge < -0.3 is 10.5 Å². The molecule has 0 saturated carbocycles. The molecule has 0 spiro atoms. The highest BCUT2D eigenvalue weighted by atomic mass is 16.5. The van der Waals surface area contributed by atoms with E-state index in [0.717, 1.165) is 25.0 Å². The largest absolute Gasteiger partial charge is 0.372 e. The molecule has 0 fully saturated rings. The van der Waals surface area contributed by atoms with Crippen molar-refractivity contribution in [2.45, 2.75) is 31.9 Å². The van der Waals surface area contributed by atoms with Gasteiger partial charge >= 0.3 is 0 Å². The Morgan fingerprint density at radius 1 is 1.56 bits per heavy atom. The summed E-state index contributed by atoms with van der Waals surface area (Å²) in [5, 5.41) is 0. The lowest BCUT2D eigenvalue weighted by atomic mass is 9.91. The van der Waals surface area contributed by atoms with E-state index >= 15 is 0 Å². The Morgan fingerprint density at radius 2 is 2.31 bits per heavy atom. The highest BCUT2D eigenvalue weighted by molar-refractivity contribution is 5.32. The summed E-state index contributed by atoms with van der Waals surface area (Å²) in [6.07, 6.45) is 1.84.